The third kappa shape index (κ3) is 1.27. The molecule has 1 unspecified atom stereocenters. The molecule has 0 aromatic rings. The Morgan fingerprint density at radius 1 is 1.07 bits per heavy atom. The smallest absolute Gasteiger partial charge is 0.256 e. The molecule has 1 aliphatic heterocycles. The molecule has 0 bridgehead atoms. The first kappa shape index (κ1) is 10.3. The molecule has 1 atom stereocenters. The number of hydrogen-bond acceptors (Lipinski definition) is 2. The molecule has 2 nitrogen and oxygen atoms in total. The first-order chi connectivity index (χ1) is 6.61. The Labute approximate surface area is 82.8 Å². The predicted octanol–water partition coefficient (Wildman–Crippen LogP) is 1.93. The van der Waals surface area contributed by atoms with Gasteiger partial charge in [-0.25, -0.2) is 8.78 Å². The number of alkyl halides is 2. The van der Waals surface area contributed by atoms with Crippen molar-refractivity contribution in [2.75, 3.05) is 13.2 Å². The highest BCUT2D eigenvalue weighted by Crippen LogP contribution is 2.53. The van der Waals surface area contributed by atoms with Crippen LogP contribution in [0.4, 0.5) is 8.78 Å². The SMILES string of the molecule is NC1(C(F)F)CCCC12CCOCC2. The molecule has 0 aromatic heterocycles. The van der Waals surface area contributed by atoms with Gasteiger partial charge in [-0.2, -0.15) is 0 Å². The largest absolute Gasteiger partial charge is 0.381 e. The third-order valence-corrected chi connectivity index (χ3v) is 4.07. The lowest BCUT2D eigenvalue weighted by atomic mass is 9.67. The molecule has 1 saturated heterocycles. The van der Waals surface area contributed by atoms with Crippen LogP contribution in [0, 0.1) is 5.41 Å². The second kappa shape index (κ2) is 3.42. The Morgan fingerprint density at radius 2 is 1.71 bits per heavy atom. The molecule has 0 radical (unpaired) electrons. The van der Waals surface area contributed by atoms with Crippen molar-refractivity contribution in [2.24, 2.45) is 11.1 Å². The normalized spacial score (nSPS) is 36.9. The molecule has 2 N–H and O–H groups in total. The maximum absolute atomic E-state index is 13.0. The molecular weight excluding hydrogens is 188 g/mol. The summed E-state index contributed by atoms with van der Waals surface area (Å²) in [6.45, 7) is 1.18. The monoisotopic (exact) mass is 205 g/mol. The van der Waals surface area contributed by atoms with Gasteiger partial charge >= 0.3 is 0 Å². The van der Waals surface area contributed by atoms with Gasteiger partial charge in [0.25, 0.3) is 6.43 Å². The lowest BCUT2D eigenvalue weighted by molar-refractivity contribution is -0.0721. The fourth-order valence-electron chi connectivity index (χ4n) is 3.04. The summed E-state index contributed by atoms with van der Waals surface area (Å²) in [7, 11) is 0. The fourth-order valence-corrected chi connectivity index (χ4v) is 3.04. The second-order valence-electron chi connectivity index (χ2n) is 4.59. The summed E-state index contributed by atoms with van der Waals surface area (Å²) in [4.78, 5) is 0. The highest BCUT2D eigenvalue weighted by atomic mass is 19.3. The van der Waals surface area contributed by atoms with Gasteiger partial charge in [0.15, 0.2) is 0 Å². The quantitative estimate of drug-likeness (QED) is 0.710. The zero-order chi connectivity index (χ0) is 10.2. The van der Waals surface area contributed by atoms with Crippen LogP contribution in [0.1, 0.15) is 32.1 Å². The maximum Gasteiger partial charge on any atom is 0.256 e. The summed E-state index contributed by atoms with van der Waals surface area (Å²) < 4.78 is 31.2. The predicted molar refractivity (Wildman–Crippen MR) is 49.3 cm³/mol. The standard InChI is InChI=1S/C10H17F2NO/c11-8(12)10(13)3-1-2-9(10)4-6-14-7-5-9/h8H,1-7,13H2. The van der Waals surface area contributed by atoms with E-state index in [0.717, 1.165) is 12.8 Å². The third-order valence-electron chi connectivity index (χ3n) is 4.07. The van der Waals surface area contributed by atoms with Crippen molar-refractivity contribution in [1.29, 1.82) is 0 Å². The van der Waals surface area contributed by atoms with E-state index in [1.807, 2.05) is 0 Å². The Kier molecular flexibility index (Phi) is 2.52. The minimum atomic E-state index is -2.40. The van der Waals surface area contributed by atoms with E-state index in [4.69, 9.17) is 10.5 Å². The van der Waals surface area contributed by atoms with Crippen LogP contribution in [0.3, 0.4) is 0 Å². The molecular formula is C10H17F2NO. The minimum absolute atomic E-state index is 0.348. The summed E-state index contributed by atoms with van der Waals surface area (Å²) in [5.41, 5.74) is 4.31. The topological polar surface area (TPSA) is 35.2 Å². The zero-order valence-corrected chi connectivity index (χ0v) is 8.27. The summed E-state index contributed by atoms with van der Waals surface area (Å²) in [6.07, 6.45) is 1.15. The van der Waals surface area contributed by atoms with Crippen molar-refractivity contribution in [2.45, 2.75) is 44.1 Å². The van der Waals surface area contributed by atoms with E-state index < -0.39 is 12.0 Å². The molecule has 0 amide bonds. The average Bonchev–Trinajstić information content (AvgIpc) is 2.47. The molecule has 2 rings (SSSR count). The van der Waals surface area contributed by atoms with Crippen molar-refractivity contribution >= 4 is 0 Å². The van der Waals surface area contributed by atoms with E-state index in [1.165, 1.54) is 0 Å². The number of rotatable bonds is 1. The van der Waals surface area contributed by atoms with Crippen LogP contribution in [0.15, 0.2) is 0 Å². The lowest BCUT2D eigenvalue weighted by Gasteiger charge is -2.45. The van der Waals surface area contributed by atoms with Crippen LogP contribution in [-0.4, -0.2) is 25.2 Å². The van der Waals surface area contributed by atoms with E-state index >= 15 is 0 Å². The molecule has 1 aliphatic carbocycles. The van der Waals surface area contributed by atoms with Crippen molar-refractivity contribution < 1.29 is 13.5 Å². The van der Waals surface area contributed by atoms with Crippen LogP contribution >= 0.6 is 0 Å². The first-order valence-electron chi connectivity index (χ1n) is 5.26. The van der Waals surface area contributed by atoms with Gasteiger partial charge in [-0.1, -0.05) is 6.42 Å². The van der Waals surface area contributed by atoms with Gasteiger partial charge in [-0.05, 0) is 31.1 Å². The Bertz CT molecular complexity index is 216. The highest BCUT2D eigenvalue weighted by molar-refractivity contribution is 5.09. The van der Waals surface area contributed by atoms with Crippen LogP contribution in [-0.2, 0) is 4.74 Å². The van der Waals surface area contributed by atoms with E-state index in [0.29, 0.717) is 32.5 Å². The maximum atomic E-state index is 13.0. The molecule has 1 spiro atoms. The van der Waals surface area contributed by atoms with Crippen molar-refractivity contribution in [3.63, 3.8) is 0 Å². The molecule has 14 heavy (non-hydrogen) atoms. The summed E-state index contributed by atoms with van der Waals surface area (Å²) in [6, 6.07) is 0. The molecule has 1 saturated carbocycles. The number of halogens is 2. The average molecular weight is 205 g/mol. The summed E-state index contributed by atoms with van der Waals surface area (Å²) in [5.74, 6) is 0. The fraction of sp³-hybridized carbons (Fsp3) is 1.00. The minimum Gasteiger partial charge on any atom is -0.381 e. The van der Waals surface area contributed by atoms with Gasteiger partial charge in [0, 0.05) is 13.2 Å². The molecule has 2 aliphatic rings. The van der Waals surface area contributed by atoms with Gasteiger partial charge in [0.2, 0.25) is 0 Å². The summed E-state index contributed by atoms with van der Waals surface area (Å²) >= 11 is 0. The number of hydrogen-bond donors (Lipinski definition) is 1. The summed E-state index contributed by atoms with van der Waals surface area (Å²) in [5, 5.41) is 0. The number of nitrogens with two attached hydrogens (primary N) is 1. The highest BCUT2D eigenvalue weighted by Gasteiger charge is 2.57. The van der Waals surface area contributed by atoms with E-state index in [2.05, 4.69) is 0 Å². The zero-order valence-electron chi connectivity index (χ0n) is 8.27. The van der Waals surface area contributed by atoms with Crippen molar-refractivity contribution in [3.8, 4) is 0 Å². The van der Waals surface area contributed by atoms with E-state index in [1.54, 1.807) is 0 Å². The van der Waals surface area contributed by atoms with Gasteiger partial charge in [0.1, 0.15) is 0 Å². The molecule has 0 aromatic carbocycles. The van der Waals surface area contributed by atoms with Gasteiger partial charge in [0.05, 0.1) is 5.54 Å². The lowest BCUT2D eigenvalue weighted by Crippen LogP contribution is -2.58. The van der Waals surface area contributed by atoms with Crippen LogP contribution in [0.5, 0.6) is 0 Å². The number of ether oxygens (including phenoxy) is 1. The van der Waals surface area contributed by atoms with Crippen LogP contribution in [0.2, 0.25) is 0 Å². The second-order valence-corrected chi connectivity index (χ2v) is 4.59. The van der Waals surface area contributed by atoms with Crippen LogP contribution < -0.4 is 5.73 Å². The molecule has 4 heteroatoms. The Morgan fingerprint density at radius 3 is 2.29 bits per heavy atom. The van der Waals surface area contributed by atoms with Gasteiger partial charge in [-0.3, -0.25) is 0 Å². The van der Waals surface area contributed by atoms with E-state index in [9.17, 15) is 8.78 Å². The molecule has 1 heterocycles. The van der Waals surface area contributed by atoms with Gasteiger partial charge < -0.3 is 10.5 Å². The Hall–Kier alpha value is -0.220. The van der Waals surface area contributed by atoms with Crippen molar-refractivity contribution in [1.82, 2.24) is 0 Å². The van der Waals surface area contributed by atoms with Crippen LogP contribution in [0.25, 0.3) is 0 Å². The molecule has 82 valence electrons. The van der Waals surface area contributed by atoms with Crippen molar-refractivity contribution in [3.05, 3.63) is 0 Å². The van der Waals surface area contributed by atoms with E-state index in [-0.39, 0.29) is 5.41 Å². The molecule has 2 fully saturated rings. The van der Waals surface area contributed by atoms with Gasteiger partial charge in [-0.15, -0.1) is 0 Å². The Balaban J connectivity index is 2.23. The first-order valence-corrected chi connectivity index (χ1v) is 5.26.